The number of nitrogens with zero attached hydrogens (tertiary/aromatic N) is 3. The van der Waals surface area contributed by atoms with Gasteiger partial charge in [0.15, 0.2) is 4.47 Å². The fourth-order valence-electron chi connectivity index (χ4n) is 3.21. The van der Waals surface area contributed by atoms with Gasteiger partial charge in [-0.3, -0.25) is 4.90 Å². The zero-order chi connectivity index (χ0) is 17.1. The Morgan fingerprint density at radius 1 is 1.08 bits per heavy atom. The van der Waals surface area contributed by atoms with Gasteiger partial charge in [0, 0.05) is 12.6 Å². The predicted molar refractivity (Wildman–Crippen MR) is 102 cm³/mol. The fourth-order valence-corrected chi connectivity index (χ4v) is 4.18. The number of aromatic nitrogens is 2. The molecule has 1 fully saturated rings. The van der Waals surface area contributed by atoms with Crippen molar-refractivity contribution in [1.82, 2.24) is 14.9 Å². The van der Waals surface area contributed by atoms with Crippen LogP contribution in [0.3, 0.4) is 0 Å². The molecule has 4 rings (SSSR count). The highest BCUT2D eigenvalue weighted by Crippen LogP contribution is 2.26. The van der Waals surface area contributed by atoms with E-state index in [1.54, 1.807) is 0 Å². The molecule has 0 saturated carbocycles. The smallest absolute Gasteiger partial charge is 0.214 e. The van der Waals surface area contributed by atoms with Crippen molar-refractivity contribution in [2.45, 2.75) is 19.4 Å². The molecule has 2 aromatic heterocycles. The van der Waals surface area contributed by atoms with Gasteiger partial charge < -0.3 is 4.74 Å². The number of thiazole rings is 1. The summed E-state index contributed by atoms with van der Waals surface area (Å²) in [5.41, 5.74) is 2.22. The minimum Gasteiger partial charge on any atom is -0.477 e. The van der Waals surface area contributed by atoms with Crippen LogP contribution in [0.25, 0.3) is 10.3 Å². The fraction of sp³-hybridized carbons (Fsp3) is 0.368. The van der Waals surface area contributed by atoms with Crippen LogP contribution in [0.15, 0.2) is 42.5 Å². The number of hydrogen-bond donors (Lipinski definition) is 0. The number of fused-ring (bicyclic) bond motifs is 1. The molecule has 0 radical (unpaired) electrons. The number of hydrogen-bond acceptors (Lipinski definition) is 5. The second-order valence-corrected chi connectivity index (χ2v) is 8.02. The number of ether oxygens (including phenoxy) is 1. The molecule has 0 N–H and O–H groups in total. The minimum absolute atomic E-state index is 0.519. The third-order valence-corrected chi connectivity index (χ3v) is 5.70. The lowest BCUT2D eigenvalue weighted by Crippen LogP contribution is -2.35. The maximum Gasteiger partial charge on any atom is 0.214 e. The van der Waals surface area contributed by atoms with Crippen LogP contribution >= 0.6 is 22.9 Å². The van der Waals surface area contributed by atoms with Crippen LogP contribution in [-0.2, 0) is 6.54 Å². The standard InChI is InChI=1S/C19H20ClN3OS/c20-19-21-16-6-7-17(22-18(16)25-19)24-13-15-8-10-23(11-9-15)12-14-4-2-1-3-5-14/h1-7,15H,8-13H2. The van der Waals surface area contributed by atoms with Crippen molar-refractivity contribution in [2.24, 2.45) is 5.92 Å². The molecule has 4 nitrogen and oxygen atoms in total. The average molecular weight is 374 g/mol. The topological polar surface area (TPSA) is 38.2 Å². The van der Waals surface area contributed by atoms with Crippen molar-refractivity contribution >= 4 is 33.3 Å². The highest BCUT2D eigenvalue weighted by Gasteiger charge is 2.20. The summed E-state index contributed by atoms with van der Waals surface area (Å²) in [5, 5.41) is 0. The molecular formula is C19H20ClN3OS. The van der Waals surface area contributed by atoms with Gasteiger partial charge in [-0.2, -0.15) is 0 Å². The summed E-state index contributed by atoms with van der Waals surface area (Å²) in [4.78, 5) is 12.1. The molecule has 1 aliphatic heterocycles. The molecule has 3 heterocycles. The van der Waals surface area contributed by atoms with Gasteiger partial charge in [-0.1, -0.05) is 53.3 Å². The van der Waals surface area contributed by atoms with Crippen LogP contribution < -0.4 is 4.74 Å². The van der Waals surface area contributed by atoms with E-state index in [-0.39, 0.29) is 0 Å². The Kier molecular flexibility index (Phi) is 5.15. The van der Waals surface area contributed by atoms with E-state index in [2.05, 4.69) is 45.2 Å². The second kappa shape index (κ2) is 7.68. The molecule has 3 aromatic rings. The number of rotatable bonds is 5. The van der Waals surface area contributed by atoms with Crippen molar-refractivity contribution in [2.75, 3.05) is 19.7 Å². The van der Waals surface area contributed by atoms with Gasteiger partial charge >= 0.3 is 0 Å². The molecular weight excluding hydrogens is 354 g/mol. The Morgan fingerprint density at radius 2 is 1.88 bits per heavy atom. The number of benzene rings is 1. The highest BCUT2D eigenvalue weighted by atomic mass is 35.5. The molecule has 130 valence electrons. The maximum absolute atomic E-state index is 5.93. The lowest BCUT2D eigenvalue weighted by atomic mass is 9.97. The predicted octanol–water partition coefficient (Wildman–Crippen LogP) is 4.64. The highest BCUT2D eigenvalue weighted by molar-refractivity contribution is 7.21. The molecule has 1 saturated heterocycles. The first-order valence-electron chi connectivity index (χ1n) is 8.58. The quantitative estimate of drug-likeness (QED) is 0.653. The van der Waals surface area contributed by atoms with Crippen molar-refractivity contribution in [3.05, 3.63) is 52.5 Å². The van der Waals surface area contributed by atoms with E-state index in [9.17, 15) is 0 Å². The lowest BCUT2D eigenvalue weighted by molar-refractivity contribution is 0.135. The van der Waals surface area contributed by atoms with Gasteiger partial charge in [-0.05, 0) is 43.5 Å². The molecule has 1 aliphatic rings. The lowest BCUT2D eigenvalue weighted by Gasteiger charge is -2.31. The van der Waals surface area contributed by atoms with Gasteiger partial charge in [-0.15, -0.1) is 0 Å². The second-order valence-electron chi connectivity index (χ2n) is 6.46. The number of pyridine rings is 1. The van der Waals surface area contributed by atoms with Crippen LogP contribution in [0, 0.1) is 5.92 Å². The van der Waals surface area contributed by atoms with Gasteiger partial charge in [0.2, 0.25) is 5.88 Å². The van der Waals surface area contributed by atoms with Crippen LogP contribution in [0.1, 0.15) is 18.4 Å². The summed E-state index contributed by atoms with van der Waals surface area (Å²) in [6, 6.07) is 14.5. The van der Waals surface area contributed by atoms with Gasteiger partial charge in [0.05, 0.1) is 6.61 Å². The minimum atomic E-state index is 0.519. The largest absolute Gasteiger partial charge is 0.477 e. The van der Waals surface area contributed by atoms with E-state index < -0.39 is 0 Å². The molecule has 0 spiro atoms. The van der Waals surface area contributed by atoms with Crippen LogP contribution in [0.5, 0.6) is 5.88 Å². The molecule has 0 atom stereocenters. The van der Waals surface area contributed by atoms with Crippen LogP contribution in [0.2, 0.25) is 4.47 Å². The van der Waals surface area contributed by atoms with Crippen molar-refractivity contribution in [1.29, 1.82) is 0 Å². The molecule has 0 bridgehead atoms. The first-order chi connectivity index (χ1) is 12.3. The van der Waals surface area contributed by atoms with E-state index in [1.807, 2.05) is 12.1 Å². The summed E-state index contributed by atoms with van der Waals surface area (Å²) < 4.78 is 6.44. The Balaban J connectivity index is 1.26. The molecule has 25 heavy (non-hydrogen) atoms. The van der Waals surface area contributed by atoms with Gasteiger partial charge in [0.1, 0.15) is 10.3 Å². The maximum atomic E-state index is 5.93. The number of halogens is 1. The Bertz CT molecular complexity index is 831. The number of piperidine rings is 1. The zero-order valence-corrected chi connectivity index (χ0v) is 15.5. The summed E-state index contributed by atoms with van der Waals surface area (Å²) in [6.07, 6.45) is 2.34. The Hall–Kier alpha value is -1.69. The summed E-state index contributed by atoms with van der Waals surface area (Å²) in [6.45, 7) is 4.02. The van der Waals surface area contributed by atoms with Gasteiger partial charge in [-0.25, -0.2) is 9.97 Å². The van der Waals surface area contributed by atoms with E-state index in [4.69, 9.17) is 16.3 Å². The van der Waals surface area contributed by atoms with Crippen molar-refractivity contribution < 1.29 is 4.74 Å². The first kappa shape index (κ1) is 16.8. The normalized spacial score (nSPS) is 16.4. The van der Waals surface area contributed by atoms with Crippen molar-refractivity contribution in [3.8, 4) is 5.88 Å². The molecule has 0 aliphatic carbocycles. The van der Waals surface area contributed by atoms with Crippen LogP contribution in [-0.4, -0.2) is 34.6 Å². The number of likely N-dealkylation sites (tertiary alicyclic amines) is 1. The third-order valence-electron chi connectivity index (χ3n) is 4.63. The SMILES string of the molecule is Clc1nc2ccc(OCC3CCN(Cc4ccccc4)CC3)nc2s1. The average Bonchev–Trinajstić information content (AvgIpc) is 3.01. The summed E-state index contributed by atoms with van der Waals surface area (Å²) in [5.74, 6) is 1.26. The summed E-state index contributed by atoms with van der Waals surface area (Å²) >= 11 is 7.31. The van der Waals surface area contributed by atoms with Crippen molar-refractivity contribution in [3.63, 3.8) is 0 Å². The van der Waals surface area contributed by atoms with Gasteiger partial charge in [0.25, 0.3) is 0 Å². The first-order valence-corrected chi connectivity index (χ1v) is 9.78. The van der Waals surface area contributed by atoms with E-state index >= 15 is 0 Å². The summed E-state index contributed by atoms with van der Waals surface area (Å²) in [7, 11) is 0. The third kappa shape index (κ3) is 4.29. The Labute approximate surface area is 156 Å². The van der Waals surface area contributed by atoms with Crippen LogP contribution in [0.4, 0.5) is 0 Å². The molecule has 6 heteroatoms. The van der Waals surface area contributed by atoms with E-state index in [0.717, 1.165) is 36.6 Å². The van der Waals surface area contributed by atoms with E-state index in [0.29, 0.717) is 16.3 Å². The molecule has 0 amide bonds. The zero-order valence-electron chi connectivity index (χ0n) is 13.9. The monoisotopic (exact) mass is 373 g/mol. The molecule has 1 aromatic carbocycles. The van der Waals surface area contributed by atoms with E-state index in [1.165, 1.54) is 29.7 Å². The molecule has 0 unspecified atom stereocenters. The Morgan fingerprint density at radius 3 is 2.68 bits per heavy atom.